The second-order valence-electron chi connectivity index (χ2n) is 2.64. The predicted molar refractivity (Wildman–Crippen MR) is 44.0 cm³/mol. The molecule has 13 heavy (non-hydrogen) atoms. The molecule has 74 valence electrons. The first-order chi connectivity index (χ1) is 5.65. The van der Waals surface area contributed by atoms with Gasteiger partial charge in [0.1, 0.15) is 18.5 Å². The molecular formula is C8H13ClN2O2. The maximum Gasteiger partial charge on any atom is 0.250 e. The Balaban J connectivity index is 0.00000144. The third-order valence-electron chi connectivity index (χ3n) is 1.63. The molecule has 0 radical (unpaired) electrons. The number of aromatic nitrogens is 2. The molecule has 0 spiro atoms. The average Bonchev–Trinajstić information content (AvgIpc) is 2.50. The van der Waals surface area contributed by atoms with Gasteiger partial charge in [-0.05, 0) is 6.92 Å². The first-order valence-corrected chi connectivity index (χ1v) is 3.72. The Morgan fingerprint density at radius 1 is 1.54 bits per heavy atom. The summed E-state index contributed by atoms with van der Waals surface area (Å²) in [5.74, 6) is 0. The first kappa shape index (κ1) is 12.2. The number of aliphatic hydroxyl groups excluding tert-OH is 2. The van der Waals surface area contributed by atoms with Crippen LogP contribution in [-0.4, -0.2) is 20.9 Å². The molecule has 0 amide bonds. The zero-order valence-corrected chi connectivity index (χ0v) is 8.09. The van der Waals surface area contributed by atoms with Crippen LogP contribution >= 0.6 is 0 Å². The predicted octanol–water partition coefficient (Wildman–Crippen LogP) is -3.25. The number of hydrogen-bond donors (Lipinski definition) is 2. The smallest absolute Gasteiger partial charge is 0.250 e. The fourth-order valence-electron chi connectivity index (χ4n) is 0.898. The summed E-state index contributed by atoms with van der Waals surface area (Å²) in [6.07, 6.45) is 4.97. The van der Waals surface area contributed by atoms with Gasteiger partial charge in [-0.15, -0.1) is 0 Å². The van der Waals surface area contributed by atoms with Crippen LogP contribution in [-0.2, 0) is 0 Å². The van der Waals surface area contributed by atoms with Crippen molar-refractivity contribution in [2.24, 2.45) is 0 Å². The summed E-state index contributed by atoms with van der Waals surface area (Å²) in [4.78, 5) is 0. The van der Waals surface area contributed by atoms with E-state index in [9.17, 15) is 5.11 Å². The Kier molecular flexibility index (Phi) is 4.69. The topological polar surface area (TPSA) is 49.3 Å². The fraction of sp³-hybridized carbons (Fsp3) is 0.375. The molecule has 2 N–H and O–H groups in total. The van der Waals surface area contributed by atoms with Gasteiger partial charge in [0.15, 0.2) is 0 Å². The van der Waals surface area contributed by atoms with Gasteiger partial charge in [-0.2, -0.15) is 0 Å². The highest BCUT2D eigenvalue weighted by Gasteiger charge is 2.17. The summed E-state index contributed by atoms with van der Waals surface area (Å²) in [5, 5.41) is 18.4. The monoisotopic (exact) mass is 204 g/mol. The quantitative estimate of drug-likeness (QED) is 0.509. The van der Waals surface area contributed by atoms with Gasteiger partial charge in [0.25, 0.3) is 6.33 Å². The van der Waals surface area contributed by atoms with Crippen LogP contribution in [0.4, 0.5) is 0 Å². The van der Waals surface area contributed by atoms with Gasteiger partial charge in [-0.25, -0.2) is 9.13 Å². The molecule has 0 saturated heterocycles. The number of rotatable bonds is 3. The van der Waals surface area contributed by atoms with Gasteiger partial charge in [-0.3, -0.25) is 0 Å². The average molecular weight is 205 g/mol. The van der Waals surface area contributed by atoms with E-state index in [0.29, 0.717) is 0 Å². The number of imidazole rings is 1. The van der Waals surface area contributed by atoms with Crippen LogP contribution in [0.1, 0.15) is 13.2 Å². The normalized spacial score (nSPS) is 14.4. The van der Waals surface area contributed by atoms with Crippen LogP contribution in [0.2, 0.25) is 0 Å². The molecule has 1 aromatic heterocycles. The van der Waals surface area contributed by atoms with E-state index in [1.54, 1.807) is 29.5 Å². The molecule has 0 fully saturated rings. The first-order valence-electron chi connectivity index (χ1n) is 3.72. The zero-order valence-electron chi connectivity index (χ0n) is 7.34. The van der Waals surface area contributed by atoms with Crippen molar-refractivity contribution in [3.05, 3.63) is 25.3 Å². The van der Waals surface area contributed by atoms with Crippen molar-refractivity contribution < 1.29 is 27.2 Å². The van der Waals surface area contributed by atoms with Crippen molar-refractivity contribution in [2.45, 2.75) is 19.3 Å². The van der Waals surface area contributed by atoms with Crippen LogP contribution in [0.25, 0.3) is 6.20 Å². The molecule has 0 aliphatic carbocycles. The Morgan fingerprint density at radius 2 is 2.15 bits per heavy atom. The van der Waals surface area contributed by atoms with Crippen LogP contribution in [0.15, 0.2) is 25.3 Å². The van der Waals surface area contributed by atoms with Crippen LogP contribution in [0, 0.1) is 0 Å². The van der Waals surface area contributed by atoms with Gasteiger partial charge >= 0.3 is 0 Å². The number of nitrogens with zero attached hydrogens (tertiary/aromatic N) is 2. The molecule has 1 heterocycles. The Hall–Kier alpha value is -0.840. The summed E-state index contributed by atoms with van der Waals surface area (Å²) in [6.45, 7) is 5.08. The Bertz CT molecular complexity index is 273. The highest BCUT2D eigenvalue weighted by molar-refractivity contribution is 4.95. The number of aliphatic hydroxyl groups is 2. The SMILES string of the molecule is C=C[n+]1ccn(C(O)C(C)O)c1.[Cl-]. The summed E-state index contributed by atoms with van der Waals surface area (Å²) in [7, 11) is 0. The minimum absolute atomic E-state index is 0. The summed E-state index contributed by atoms with van der Waals surface area (Å²) in [6, 6.07) is 0. The maximum absolute atomic E-state index is 9.37. The van der Waals surface area contributed by atoms with Crippen molar-refractivity contribution >= 4 is 6.20 Å². The molecule has 2 unspecified atom stereocenters. The Morgan fingerprint density at radius 3 is 2.54 bits per heavy atom. The van der Waals surface area contributed by atoms with Gasteiger partial charge in [-0.1, -0.05) is 6.58 Å². The highest BCUT2D eigenvalue weighted by atomic mass is 35.5. The minimum Gasteiger partial charge on any atom is -1.00 e. The minimum atomic E-state index is -0.897. The summed E-state index contributed by atoms with van der Waals surface area (Å²) < 4.78 is 3.19. The molecule has 5 heteroatoms. The van der Waals surface area contributed by atoms with Gasteiger partial charge in [0, 0.05) is 0 Å². The third-order valence-corrected chi connectivity index (χ3v) is 1.63. The van der Waals surface area contributed by atoms with Crippen molar-refractivity contribution in [1.82, 2.24) is 4.57 Å². The molecule has 0 saturated carbocycles. The van der Waals surface area contributed by atoms with Crippen LogP contribution < -0.4 is 17.0 Å². The van der Waals surface area contributed by atoms with Crippen molar-refractivity contribution in [3.63, 3.8) is 0 Å². The van der Waals surface area contributed by atoms with E-state index in [1.165, 1.54) is 11.5 Å². The van der Waals surface area contributed by atoms with E-state index in [2.05, 4.69) is 6.58 Å². The summed E-state index contributed by atoms with van der Waals surface area (Å²) in [5.41, 5.74) is 0. The molecule has 0 aliphatic rings. The van der Waals surface area contributed by atoms with Crippen molar-refractivity contribution in [2.75, 3.05) is 0 Å². The van der Waals surface area contributed by atoms with E-state index in [0.717, 1.165) is 0 Å². The molecule has 1 rings (SSSR count). The van der Waals surface area contributed by atoms with Crippen LogP contribution in [0.3, 0.4) is 0 Å². The van der Waals surface area contributed by atoms with Crippen LogP contribution in [0.5, 0.6) is 0 Å². The van der Waals surface area contributed by atoms with Gasteiger partial charge in [0.2, 0.25) is 6.23 Å². The highest BCUT2D eigenvalue weighted by Crippen LogP contribution is 2.05. The molecule has 0 aliphatic heterocycles. The van der Waals surface area contributed by atoms with E-state index >= 15 is 0 Å². The number of halogens is 1. The lowest BCUT2D eigenvalue weighted by Crippen LogP contribution is -3.00. The summed E-state index contributed by atoms with van der Waals surface area (Å²) >= 11 is 0. The second-order valence-corrected chi connectivity index (χ2v) is 2.64. The van der Waals surface area contributed by atoms with Gasteiger partial charge in [0.05, 0.1) is 6.20 Å². The van der Waals surface area contributed by atoms with E-state index in [1.807, 2.05) is 0 Å². The molecule has 0 bridgehead atoms. The standard InChI is InChI=1S/C8H13N2O2.ClH/c1-3-9-4-5-10(6-9)8(12)7(2)11;/h3-8,11-12H,1H2,2H3;1H/q+1;/p-1. The fourth-order valence-corrected chi connectivity index (χ4v) is 0.898. The van der Waals surface area contributed by atoms with Crippen molar-refractivity contribution in [1.29, 1.82) is 0 Å². The van der Waals surface area contributed by atoms with E-state index in [4.69, 9.17) is 5.11 Å². The largest absolute Gasteiger partial charge is 1.00 e. The Labute approximate surface area is 83.2 Å². The lowest BCUT2D eigenvalue weighted by Gasteiger charge is -2.08. The maximum atomic E-state index is 9.37. The van der Waals surface area contributed by atoms with E-state index < -0.39 is 12.3 Å². The molecular weight excluding hydrogens is 192 g/mol. The zero-order chi connectivity index (χ0) is 9.14. The van der Waals surface area contributed by atoms with E-state index in [-0.39, 0.29) is 12.4 Å². The molecule has 1 aromatic rings. The molecule has 2 atom stereocenters. The lowest BCUT2D eigenvalue weighted by atomic mass is 10.3. The van der Waals surface area contributed by atoms with Gasteiger partial charge < -0.3 is 22.6 Å². The lowest BCUT2D eigenvalue weighted by molar-refractivity contribution is -0.567. The van der Waals surface area contributed by atoms with Crippen molar-refractivity contribution in [3.8, 4) is 0 Å². The molecule has 0 aromatic carbocycles. The molecule has 4 nitrogen and oxygen atoms in total. The third kappa shape index (κ3) is 2.84. The second kappa shape index (κ2) is 5.01. The number of hydrogen-bond acceptors (Lipinski definition) is 2.